The first-order valence-electron chi connectivity index (χ1n) is 21.6. The molecule has 0 unspecified atom stereocenters. The second-order valence-corrected chi connectivity index (χ2v) is 15.8. The number of hydrogen-bond acceptors (Lipinski definition) is 11. The van der Waals surface area contributed by atoms with E-state index in [1.807, 2.05) is 36.5 Å². The van der Waals surface area contributed by atoms with E-state index in [4.69, 9.17) is 19.9 Å². The van der Waals surface area contributed by atoms with Gasteiger partial charge in [0.15, 0.2) is 11.6 Å². The van der Waals surface area contributed by atoms with Gasteiger partial charge in [0.25, 0.3) is 5.91 Å². The van der Waals surface area contributed by atoms with Crippen molar-refractivity contribution in [2.24, 2.45) is 5.73 Å². The summed E-state index contributed by atoms with van der Waals surface area (Å²) in [5.41, 5.74) is 9.43. The lowest BCUT2D eigenvalue weighted by atomic mass is 9.91. The van der Waals surface area contributed by atoms with E-state index in [2.05, 4.69) is 25.8 Å². The van der Waals surface area contributed by atoms with Gasteiger partial charge < -0.3 is 45.5 Å². The molecule has 1 aromatic heterocycles. The summed E-state index contributed by atoms with van der Waals surface area (Å²) in [6.45, 7) is 3.61. The molecule has 0 radical (unpaired) electrons. The maximum Gasteiger partial charge on any atom is 0.410 e. The van der Waals surface area contributed by atoms with Gasteiger partial charge in [0.05, 0.1) is 44.1 Å². The maximum atomic E-state index is 13.7. The Labute approximate surface area is 387 Å². The zero-order valence-corrected chi connectivity index (χ0v) is 37.0. The molecule has 360 valence electrons. The fourth-order valence-electron chi connectivity index (χ4n) is 7.09. The number of anilines is 1. The predicted molar refractivity (Wildman–Crippen MR) is 236 cm³/mol. The van der Waals surface area contributed by atoms with E-state index in [9.17, 15) is 46.3 Å². The third-order valence-corrected chi connectivity index (χ3v) is 10.8. The van der Waals surface area contributed by atoms with Gasteiger partial charge in [0.1, 0.15) is 24.2 Å². The van der Waals surface area contributed by atoms with Gasteiger partial charge >= 0.3 is 12.1 Å². The number of ether oxygens (including phenoxy) is 4. The number of likely N-dealkylation sites (tertiary alicyclic amines) is 1. The molecular weight excluding hydrogens is 899 g/mol. The van der Waals surface area contributed by atoms with Crippen molar-refractivity contribution in [3.63, 3.8) is 0 Å². The summed E-state index contributed by atoms with van der Waals surface area (Å²) in [7, 11) is 0. The summed E-state index contributed by atoms with van der Waals surface area (Å²) in [4.78, 5) is 76.3. The molecule has 1 fully saturated rings. The number of esters is 1. The summed E-state index contributed by atoms with van der Waals surface area (Å²) in [5.74, 6) is -11.9. The quantitative estimate of drug-likeness (QED) is 0.0249. The van der Waals surface area contributed by atoms with Crippen molar-refractivity contribution in [3.8, 4) is 11.4 Å². The molecule has 1 saturated heterocycles. The molecule has 4 aromatic carbocycles. The molecule has 21 heteroatoms. The first kappa shape index (κ1) is 50.0. The zero-order valence-electron chi connectivity index (χ0n) is 37.0. The topological polar surface area (TPSA) is 223 Å². The number of halogens is 4. The van der Waals surface area contributed by atoms with Gasteiger partial charge in [0, 0.05) is 48.8 Å². The summed E-state index contributed by atoms with van der Waals surface area (Å²) < 4.78 is 76.0. The number of benzene rings is 4. The Bertz CT molecular complexity index is 2600. The Kier molecular flexibility index (Phi) is 17.2. The van der Waals surface area contributed by atoms with E-state index in [0.717, 1.165) is 29.5 Å². The van der Waals surface area contributed by atoms with Crippen molar-refractivity contribution in [1.29, 1.82) is 0 Å². The molecular formula is C47H49F4N7O10. The molecule has 17 nitrogen and oxygen atoms in total. The van der Waals surface area contributed by atoms with Crippen LogP contribution in [0.1, 0.15) is 66.9 Å². The standard InChI is InChI=1S/C47H49F4N7O10/c1-27(53-38(59)16-19-65-21-22-66-20-17-39(60)68-43-40(50)36(48)23-37(49)41(43)51)45(62)54-28(2)46(63)55-33-12-8-29(9-13-33)26-67-47(64)57-18-4-6-31(24-57)30-10-14-34(15-11-30)58-25-32-5-3-7-35(44(52)61)42(32)56-58/h3,5,7-15,23,25,27-28,31H,4,6,16-22,24,26H2,1-2H3,(H2,52,61)(H,53,59)(H,54,62)(H,55,63)/t27-,28-,31+/m0/s1. The molecule has 0 bridgehead atoms. The first-order chi connectivity index (χ1) is 32.6. The van der Waals surface area contributed by atoms with Crippen molar-refractivity contribution in [2.75, 3.05) is 44.8 Å². The van der Waals surface area contributed by atoms with Crippen LogP contribution in [0.25, 0.3) is 16.6 Å². The van der Waals surface area contributed by atoms with Crippen LogP contribution >= 0.6 is 0 Å². The molecule has 0 saturated carbocycles. The Morgan fingerprint density at radius 3 is 2.15 bits per heavy atom. The van der Waals surface area contributed by atoms with Gasteiger partial charge in [-0.3, -0.25) is 24.0 Å². The maximum absolute atomic E-state index is 13.7. The molecule has 68 heavy (non-hydrogen) atoms. The Morgan fingerprint density at radius 2 is 1.47 bits per heavy atom. The zero-order chi connectivity index (χ0) is 48.9. The van der Waals surface area contributed by atoms with E-state index < -0.39 is 83.2 Å². The lowest BCUT2D eigenvalue weighted by molar-refractivity contribution is -0.136. The summed E-state index contributed by atoms with van der Waals surface area (Å²) in [6.07, 6.45) is 2.49. The first-order valence-corrected chi connectivity index (χ1v) is 21.6. The van der Waals surface area contributed by atoms with Crippen LogP contribution in [0, 0.1) is 23.3 Å². The highest BCUT2D eigenvalue weighted by Gasteiger charge is 2.27. The molecule has 0 aliphatic carbocycles. The van der Waals surface area contributed by atoms with Gasteiger partial charge in [-0.1, -0.05) is 36.4 Å². The van der Waals surface area contributed by atoms with Crippen LogP contribution in [-0.2, 0) is 40.0 Å². The molecule has 5 aromatic rings. The Hall–Kier alpha value is -7.39. The molecule has 5 N–H and O–H groups in total. The Morgan fingerprint density at radius 1 is 0.809 bits per heavy atom. The van der Waals surface area contributed by atoms with Crippen molar-refractivity contribution in [1.82, 2.24) is 25.3 Å². The molecule has 6 rings (SSSR count). The largest absolute Gasteiger partial charge is 0.445 e. The van der Waals surface area contributed by atoms with Crippen molar-refractivity contribution >= 4 is 52.3 Å². The second-order valence-electron chi connectivity index (χ2n) is 15.8. The van der Waals surface area contributed by atoms with Crippen molar-refractivity contribution in [3.05, 3.63) is 119 Å². The summed E-state index contributed by atoms with van der Waals surface area (Å²) in [6, 6.07) is 17.9. The third kappa shape index (κ3) is 13.4. The van der Waals surface area contributed by atoms with Gasteiger partial charge in [0.2, 0.25) is 35.1 Å². The lowest BCUT2D eigenvalue weighted by Gasteiger charge is -2.32. The number of aromatic nitrogens is 2. The predicted octanol–water partition coefficient (Wildman–Crippen LogP) is 5.56. The highest BCUT2D eigenvalue weighted by atomic mass is 19.2. The van der Waals surface area contributed by atoms with Crippen molar-refractivity contribution < 1.29 is 65.3 Å². The van der Waals surface area contributed by atoms with Crippen LogP contribution in [0.3, 0.4) is 0 Å². The normalized spacial score (nSPS) is 14.4. The number of carbonyl (C=O) groups is 6. The fraction of sp³-hybridized carbons (Fsp3) is 0.340. The second kappa shape index (κ2) is 23.4. The minimum absolute atomic E-state index is 0.00477. The van der Waals surface area contributed by atoms with E-state index in [0.29, 0.717) is 35.4 Å². The Balaban J connectivity index is 0.834. The number of nitrogens with one attached hydrogen (secondary N) is 3. The number of amides is 5. The van der Waals surface area contributed by atoms with Crippen LogP contribution < -0.4 is 26.4 Å². The average molecular weight is 948 g/mol. The highest BCUT2D eigenvalue weighted by molar-refractivity contribution is 6.04. The minimum Gasteiger partial charge on any atom is -0.445 e. The molecule has 3 atom stereocenters. The van der Waals surface area contributed by atoms with Crippen LogP contribution in [0.5, 0.6) is 5.75 Å². The molecule has 0 spiro atoms. The van der Waals surface area contributed by atoms with E-state index in [1.54, 1.807) is 46.0 Å². The average Bonchev–Trinajstić information content (AvgIpc) is 3.77. The molecule has 1 aliphatic rings. The SMILES string of the molecule is C[C@H](NC(=O)CCOCCOCCC(=O)Oc1c(F)c(F)cc(F)c1F)C(=O)N[C@@H](C)C(=O)Nc1ccc(COC(=O)N2CCC[C@@H](c3ccc(-n4cc5cccc(C(N)=O)c5n4)cc3)C2)cc1. The molecule has 5 amide bonds. The number of carbonyl (C=O) groups excluding carboxylic acids is 6. The van der Waals surface area contributed by atoms with Gasteiger partial charge in [-0.2, -0.15) is 13.9 Å². The minimum atomic E-state index is -1.85. The van der Waals surface area contributed by atoms with Crippen LogP contribution in [0.15, 0.2) is 79.0 Å². The molecule has 2 heterocycles. The van der Waals surface area contributed by atoms with Crippen molar-refractivity contribution in [2.45, 2.75) is 64.1 Å². The number of nitrogens with zero attached hydrogens (tertiary/aromatic N) is 3. The van der Waals surface area contributed by atoms with E-state index in [1.165, 1.54) is 13.8 Å². The lowest BCUT2D eigenvalue weighted by Crippen LogP contribution is -2.50. The number of primary amides is 1. The van der Waals surface area contributed by atoms with E-state index >= 15 is 0 Å². The van der Waals surface area contributed by atoms with Crippen LogP contribution in [0.2, 0.25) is 0 Å². The van der Waals surface area contributed by atoms with Crippen LogP contribution in [0.4, 0.5) is 28.0 Å². The van der Waals surface area contributed by atoms with E-state index in [-0.39, 0.29) is 51.4 Å². The smallest absolute Gasteiger partial charge is 0.410 e. The number of rotatable bonds is 20. The fourth-order valence-corrected chi connectivity index (χ4v) is 7.09. The summed E-state index contributed by atoms with van der Waals surface area (Å²) >= 11 is 0. The van der Waals surface area contributed by atoms with Gasteiger partial charge in [-0.15, -0.1) is 0 Å². The highest BCUT2D eigenvalue weighted by Crippen LogP contribution is 2.29. The number of nitrogens with two attached hydrogens (primary N) is 1. The van der Waals surface area contributed by atoms with Gasteiger partial charge in [-0.25, -0.2) is 18.3 Å². The number of piperidine rings is 1. The third-order valence-electron chi connectivity index (χ3n) is 10.8. The monoisotopic (exact) mass is 947 g/mol. The number of hydrogen-bond donors (Lipinski definition) is 4. The van der Waals surface area contributed by atoms with Gasteiger partial charge in [-0.05, 0) is 68.1 Å². The van der Waals surface area contributed by atoms with Crippen LogP contribution in [-0.4, -0.2) is 102 Å². The molecule has 1 aliphatic heterocycles. The summed E-state index contributed by atoms with van der Waals surface area (Å²) in [5, 5.41) is 13.1. The number of fused-ring (bicyclic) bond motifs is 1.